The number of aliphatic hydroxyl groups is 1. The Labute approximate surface area is 302 Å². The van der Waals surface area contributed by atoms with Crippen molar-refractivity contribution in [3.05, 3.63) is 97.2 Å². The van der Waals surface area contributed by atoms with Crippen molar-refractivity contribution in [2.75, 3.05) is 19.8 Å². The van der Waals surface area contributed by atoms with E-state index >= 15 is 0 Å². The van der Waals surface area contributed by atoms with E-state index in [4.69, 9.17) is 9.47 Å². The Morgan fingerprint density at radius 1 is 0.490 bits per heavy atom. The second kappa shape index (κ2) is 41.5. The third kappa shape index (κ3) is 39.6. The average molecular weight is 679 g/mol. The van der Waals surface area contributed by atoms with Crippen LogP contribution in [-0.4, -0.2) is 37.0 Å². The van der Waals surface area contributed by atoms with Crippen molar-refractivity contribution in [2.45, 2.75) is 161 Å². The van der Waals surface area contributed by atoms with Crippen molar-refractivity contribution in [2.24, 2.45) is 0 Å². The van der Waals surface area contributed by atoms with Crippen molar-refractivity contribution in [3.63, 3.8) is 0 Å². The van der Waals surface area contributed by atoms with E-state index in [0.717, 1.165) is 89.9 Å². The van der Waals surface area contributed by atoms with Crippen LogP contribution in [0.15, 0.2) is 97.2 Å². The van der Waals surface area contributed by atoms with Gasteiger partial charge in [0, 0.05) is 13.0 Å². The smallest absolute Gasteiger partial charge is 0.306 e. The summed E-state index contributed by atoms with van der Waals surface area (Å²) in [6.07, 6.45) is 58.8. The first-order valence-corrected chi connectivity index (χ1v) is 19.8. The molecule has 4 heteroatoms. The third-order valence-electron chi connectivity index (χ3n) is 7.90. The number of carbonyl (C=O) groups is 1. The molecule has 49 heavy (non-hydrogen) atoms. The highest BCUT2D eigenvalue weighted by atomic mass is 16.6. The van der Waals surface area contributed by atoms with E-state index in [1.807, 2.05) is 0 Å². The van der Waals surface area contributed by atoms with Gasteiger partial charge >= 0.3 is 5.97 Å². The normalized spacial score (nSPS) is 13.4. The first kappa shape index (κ1) is 46.3. The van der Waals surface area contributed by atoms with Crippen LogP contribution in [-0.2, 0) is 14.3 Å². The first-order valence-electron chi connectivity index (χ1n) is 19.8. The highest BCUT2D eigenvalue weighted by Gasteiger charge is 2.13. The van der Waals surface area contributed by atoms with Gasteiger partial charge in [-0.15, -0.1) is 0 Å². The molecule has 0 aliphatic heterocycles. The second-order valence-electron chi connectivity index (χ2n) is 12.6. The summed E-state index contributed by atoms with van der Waals surface area (Å²) in [5.74, 6) is -0.229. The van der Waals surface area contributed by atoms with E-state index in [1.165, 1.54) is 44.9 Å². The molecule has 0 bridgehead atoms. The van der Waals surface area contributed by atoms with Crippen molar-refractivity contribution in [1.82, 2.24) is 0 Å². The Morgan fingerprint density at radius 3 is 1.29 bits per heavy atom. The Morgan fingerprint density at radius 2 is 0.857 bits per heavy atom. The number of aliphatic hydroxyl groups excluding tert-OH is 1. The summed E-state index contributed by atoms with van der Waals surface area (Å²) in [4.78, 5) is 12.2. The van der Waals surface area contributed by atoms with Crippen LogP contribution in [0.3, 0.4) is 0 Å². The van der Waals surface area contributed by atoms with Crippen molar-refractivity contribution < 1.29 is 19.4 Å². The molecule has 0 radical (unpaired) electrons. The van der Waals surface area contributed by atoms with E-state index in [-0.39, 0.29) is 19.2 Å². The van der Waals surface area contributed by atoms with Crippen LogP contribution in [0, 0.1) is 0 Å². The molecule has 1 atom stereocenters. The van der Waals surface area contributed by atoms with E-state index < -0.39 is 6.10 Å². The quantitative estimate of drug-likeness (QED) is 0.0412. The highest BCUT2D eigenvalue weighted by Crippen LogP contribution is 2.11. The molecule has 0 amide bonds. The van der Waals surface area contributed by atoms with Crippen LogP contribution in [0.2, 0.25) is 0 Å². The summed E-state index contributed by atoms with van der Waals surface area (Å²) < 4.78 is 11.1. The minimum atomic E-state index is -0.558. The van der Waals surface area contributed by atoms with Gasteiger partial charge in [-0.05, 0) is 89.9 Å². The summed E-state index contributed by atoms with van der Waals surface area (Å²) in [5, 5.41) is 9.58. The number of allylic oxidation sites excluding steroid dienone is 16. The number of rotatable bonds is 35. The van der Waals surface area contributed by atoms with Gasteiger partial charge in [0.1, 0.15) is 6.10 Å². The summed E-state index contributed by atoms with van der Waals surface area (Å²) in [7, 11) is 0. The summed E-state index contributed by atoms with van der Waals surface area (Å²) in [6.45, 7) is 5.05. The second-order valence-corrected chi connectivity index (χ2v) is 12.6. The molecule has 0 saturated heterocycles. The fraction of sp³-hybridized carbons (Fsp3) is 0.622. The molecule has 0 aliphatic carbocycles. The molecule has 0 aliphatic rings. The largest absolute Gasteiger partial charge is 0.457 e. The molecule has 0 saturated carbocycles. The fourth-order valence-corrected chi connectivity index (χ4v) is 5.01. The van der Waals surface area contributed by atoms with E-state index in [9.17, 15) is 9.90 Å². The maximum atomic E-state index is 12.2. The van der Waals surface area contributed by atoms with Gasteiger partial charge in [-0.1, -0.05) is 156 Å². The molecule has 1 unspecified atom stereocenters. The summed E-state index contributed by atoms with van der Waals surface area (Å²) in [5.41, 5.74) is 0. The zero-order chi connectivity index (χ0) is 35.6. The number of carbonyl (C=O) groups excluding carboxylic acids is 1. The molecule has 0 rings (SSSR count). The van der Waals surface area contributed by atoms with Crippen LogP contribution in [0.25, 0.3) is 0 Å². The van der Waals surface area contributed by atoms with Crippen LogP contribution in [0.4, 0.5) is 0 Å². The maximum Gasteiger partial charge on any atom is 0.306 e. The van der Waals surface area contributed by atoms with Crippen molar-refractivity contribution >= 4 is 5.97 Å². The topological polar surface area (TPSA) is 55.8 Å². The van der Waals surface area contributed by atoms with Gasteiger partial charge in [-0.2, -0.15) is 0 Å². The van der Waals surface area contributed by atoms with Crippen LogP contribution >= 0.6 is 0 Å². The first-order chi connectivity index (χ1) is 24.2. The molecule has 278 valence electrons. The van der Waals surface area contributed by atoms with E-state index in [1.54, 1.807) is 0 Å². The molecule has 0 aromatic heterocycles. The Balaban J connectivity index is 3.56. The predicted octanol–water partition coefficient (Wildman–Crippen LogP) is 13.0. The molecule has 1 N–H and O–H groups in total. The summed E-state index contributed by atoms with van der Waals surface area (Å²) >= 11 is 0. The van der Waals surface area contributed by atoms with Crippen molar-refractivity contribution in [3.8, 4) is 0 Å². The maximum absolute atomic E-state index is 12.2. The standard InChI is InChI=1S/C45H74O4/c1-3-5-7-9-11-13-15-17-19-21-22-23-24-25-26-28-30-32-34-36-38-40-45(47)49-44(42-46)43-48-41-39-37-35-33-31-29-27-20-18-16-14-12-10-8-6-4-2/h5-8,11-14,17-20,22-23,25-26,44,46H,3-4,9-10,15-16,21,24,27-43H2,1-2H3/b7-5-,8-6-,13-11-,14-12-,19-17-,20-18-,23-22-,26-25-. The van der Waals surface area contributed by atoms with Crippen LogP contribution < -0.4 is 0 Å². The highest BCUT2D eigenvalue weighted by molar-refractivity contribution is 5.69. The third-order valence-corrected chi connectivity index (χ3v) is 7.90. The predicted molar refractivity (Wildman–Crippen MR) is 214 cm³/mol. The lowest BCUT2D eigenvalue weighted by molar-refractivity contribution is -0.154. The zero-order valence-corrected chi connectivity index (χ0v) is 31.7. The fourth-order valence-electron chi connectivity index (χ4n) is 5.01. The van der Waals surface area contributed by atoms with Gasteiger partial charge in [-0.25, -0.2) is 0 Å². The number of esters is 1. The van der Waals surface area contributed by atoms with Gasteiger partial charge in [0.15, 0.2) is 0 Å². The van der Waals surface area contributed by atoms with E-state index in [2.05, 4.69) is 111 Å². The lowest BCUT2D eigenvalue weighted by Gasteiger charge is -2.15. The lowest BCUT2D eigenvalue weighted by Crippen LogP contribution is -2.27. The summed E-state index contributed by atoms with van der Waals surface area (Å²) in [6, 6.07) is 0. The van der Waals surface area contributed by atoms with Gasteiger partial charge in [-0.3, -0.25) is 4.79 Å². The van der Waals surface area contributed by atoms with Gasteiger partial charge in [0.05, 0.1) is 13.2 Å². The molecule has 0 fully saturated rings. The average Bonchev–Trinajstić information content (AvgIpc) is 3.11. The van der Waals surface area contributed by atoms with Gasteiger partial charge < -0.3 is 14.6 Å². The van der Waals surface area contributed by atoms with Crippen LogP contribution in [0.1, 0.15) is 155 Å². The Kier molecular flexibility index (Phi) is 39.2. The van der Waals surface area contributed by atoms with Crippen LogP contribution in [0.5, 0.6) is 0 Å². The molecule has 0 aromatic rings. The number of hydrogen-bond donors (Lipinski definition) is 1. The monoisotopic (exact) mass is 679 g/mol. The molecular weight excluding hydrogens is 604 g/mol. The zero-order valence-electron chi connectivity index (χ0n) is 31.7. The number of unbranched alkanes of at least 4 members (excludes halogenated alkanes) is 11. The molecule has 4 nitrogen and oxygen atoms in total. The lowest BCUT2D eigenvalue weighted by atomic mass is 10.1. The number of ether oxygens (including phenoxy) is 2. The molecule has 0 heterocycles. The Bertz CT molecular complexity index is 934. The van der Waals surface area contributed by atoms with Gasteiger partial charge in [0.2, 0.25) is 0 Å². The molecule has 0 spiro atoms. The minimum Gasteiger partial charge on any atom is -0.457 e. The molecule has 0 aromatic carbocycles. The number of hydrogen-bond acceptors (Lipinski definition) is 4. The molecular formula is C45H74O4. The van der Waals surface area contributed by atoms with Gasteiger partial charge in [0.25, 0.3) is 0 Å². The SMILES string of the molecule is CC/C=C\C/C=C\C/C=C\C/C=C\C/C=C\CCCCCCCC(=O)OC(CO)COCCCCCCCC/C=C\C/C=C\C/C=C\CC. The van der Waals surface area contributed by atoms with E-state index in [0.29, 0.717) is 13.0 Å². The minimum absolute atomic E-state index is 0.192. The van der Waals surface area contributed by atoms with Crippen molar-refractivity contribution in [1.29, 1.82) is 0 Å². The Hall–Kier alpha value is -2.69.